The lowest BCUT2D eigenvalue weighted by Crippen LogP contribution is -2.39. The van der Waals surface area contributed by atoms with Gasteiger partial charge in [-0.15, -0.1) is 11.3 Å². The van der Waals surface area contributed by atoms with Crippen molar-refractivity contribution >= 4 is 21.4 Å². The minimum atomic E-state index is -3.36. The van der Waals surface area contributed by atoms with Gasteiger partial charge in [0, 0.05) is 18.0 Å². The molecule has 2 rings (SSSR count). The minimum Gasteiger partial charge on any atom is -0.312 e. The van der Waals surface area contributed by atoms with Gasteiger partial charge >= 0.3 is 0 Å². The Morgan fingerprint density at radius 1 is 1.40 bits per heavy atom. The number of aryl methyl sites for hydroxylation is 1. The van der Waals surface area contributed by atoms with Crippen LogP contribution >= 0.6 is 11.3 Å². The molecule has 2 N–H and O–H groups in total. The second kappa shape index (κ2) is 6.13. The topological polar surface area (TPSA) is 58.2 Å². The molecular formula is C14H24N2O2S2. The van der Waals surface area contributed by atoms with Gasteiger partial charge in [0.25, 0.3) is 0 Å². The largest absolute Gasteiger partial charge is 0.312 e. The molecule has 0 aromatic carbocycles. The van der Waals surface area contributed by atoms with E-state index in [1.807, 2.05) is 13.8 Å². The van der Waals surface area contributed by atoms with Crippen molar-refractivity contribution in [2.24, 2.45) is 5.41 Å². The van der Waals surface area contributed by atoms with Crippen LogP contribution in [0, 0.1) is 12.3 Å². The van der Waals surface area contributed by atoms with Crippen LogP contribution in [0.3, 0.4) is 0 Å². The van der Waals surface area contributed by atoms with E-state index in [1.54, 1.807) is 6.07 Å². The maximum Gasteiger partial charge on any atom is 0.250 e. The normalized spacial score (nSPS) is 17.9. The average Bonchev–Trinajstić information content (AvgIpc) is 2.74. The van der Waals surface area contributed by atoms with Gasteiger partial charge < -0.3 is 5.32 Å². The lowest BCUT2D eigenvalue weighted by Gasteiger charge is -2.38. The van der Waals surface area contributed by atoms with Crippen LogP contribution in [0.1, 0.15) is 43.6 Å². The second-order valence-electron chi connectivity index (χ2n) is 5.94. The average molecular weight is 316 g/mol. The van der Waals surface area contributed by atoms with E-state index in [0.29, 0.717) is 10.8 Å². The van der Waals surface area contributed by atoms with Gasteiger partial charge in [-0.05, 0) is 43.4 Å². The summed E-state index contributed by atoms with van der Waals surface area (Å²) in [7, 11) is -3.36. The second-order valence-corrected chi connectivity index (χ2v) is 9.07. The van der Waals surface area contributed by atoms with Gasteiger partial charge in [0.2, 0.25) is 10.0 Å². The Balaban J connectivity index is 2.05. The Bertz CT molecular complexity index is 560. The Morgan fingerprint density at radius 2 is 2.10 bits per heavy atom. The molecule has 0 saturated heterocycles. The molecule has 20 heavy (non-hydrogen) atoms. The van der Waals surface area contributed by atoms with Gasteiger partial charge in [0.1, 0.15) is 4.21 Å². The number of thiophene rings is 1. The minimum absolute atomic E-state index is 0.159. The van der Waals surface area contributed by atoms with Crippen LogP contribution in [0.2, 0.25) is 0 Å². The fraction of sp³-hybridized carbons (Fsp3) is 0.714. The van der Waals surface area contributed by atoms with Crippen molar-refractivity contribution < 1.29 is 8.42 Å². The maximum atomic E-state index is 12.3. The van der Waals surface area contributed by atoms with Gasteiger partial charge in [0.15, 0.2) is 0 Å². The molecule has 0 amide bonds. The molecule has 0 aliphatic heterocycles. The fourth-order valence-corrected chi connectivity index (χ4v) is 5.14. The number of nitrogens with one attached hydrogen (secondary N) is 2. The number of hydrogen-bond donors (Lipinski definition) is 2. The van der Waals surface area contributed by atoms with Crippen LogP contribution in [0.4, 0.5) is 0 Å². The molecule has 0 unspecified atom stereocenters. The van der Waals surface area contributed by atoms with Crippen LogP contribution in [0.5, 0.6) is 0 Å². The van der Waals surface area contributed by atoms with Crippen LogP contribution in [-0.4, -0.2) is 21.5 Å². The Labute approximate surface area is 126 Å². The van der Waals surface area contributed by atoms with Gasteiger partial charge in [-0.3, -0.25) is 0 Å². The van der Waals surface area contributed by atoms with E-state index in [9.17, 15) is 8.42 Å². The van der Waals surface area contributed by atoms with Gasteiger partial charge in [0.05, 0.1) is 0 Å². The van der Waals surface area contributed by atoms with E-state index in [4.69, 9.17) is 0 Å². The summed E-state index contributed by atoms with van der Waals surface area (Å²) >= 11 is 1.37. The third kappa shape index (κ3) is 3.61. The van der Waals surface area contributed by atoms with E-state index < -0.39 is 10.0 Å². The molecule has 0 spiro atoms. The van der Waals surface area contributed by atoms with Gasteiger partial charge in [-0.1, -0.05) is 20.3 Å². The smallest absolute Gasteiger partial charge is 0.250 e. The summed E-state index contributed by atoms with van der Waals surface area (Å²) in [6.07, 6.45) is 3.44. The Hall–Kier alpha value is -0.430. The highest BCUT2D eigenvalue weighted by molar-refractivity contribution is 7.91. The third-order valence-corrected chi connectivity index (χ3v) is 7.16. The van der Waals surface area contributed by atoms with Gasteiger partial charge in [-0.25, -0.2) is 13.1 Å². The first kappa shape index (κ1) is 15.9. The molecule has 114 valence electrons. The van der Waals surface area contributed by atoms with E-state index >= 15 is 0 Å². The van der Waals surface area contributed by atoms with Crippen LogP contribution < -0.4 is 10.0 Å². The van der Waals surface area contributed by atoms with E-state index in [0.717, 1.165) is 36.4 Å². The first-order valence-corrected chi connectivity index (χ1v) is 9.46. The van der Waals surface area contributed by atoms with Crippen molar-refractivity contribution in [1.82, 2.24) is 10.0 Å². The zero-order valence-corrected chi connectivity index (χ0v) is 14.1. The predicted molar refractivity (Wildman–Crippen MR) is 83.6 cm³/mol. The highest BCUT2D eigenvalue weighted by atomic mass is 32.2. The highest BCUT2D eigenvalue weighted by Crippen LogP contribution is 2.39. The van der Waals surface area contributed by atoms with Crippen LogP contribution in [0.15, 0.2) is 10.3 Å². The van der Waals surface area contributed by atoms with Crippen molar-refractivity contribution in [3.8, 4) is 0 Å². The molecular weight excluding hydrogens is 292 g/mol. The molecule has 1 aromatic heterocycles. The number of hydrogen-bond acceptors (Lipinski definition) is 4. The molecule has 4 nitrogen and oxygen atoms in total. The standard InChI is InChI=1S/C14H24N2O2S2/c1-4-15-9-12-11(2)8-13(19-12)20(17,18)16-10-14(3)6-5-7-14/h8,15-16H,4-7,9-10H2,1-3H3. The molecule has 0 radical (unpaired) electrons. The van der Waals surface area contributed by atoms with Crippen LogP contribution in [0.25, 0.3) is 0 Å². The molecule has 1 aliphatic rings. The van der Waals surface area contributed by atoms with Crippen molar-refractivity contribution in [1.29, 1.82) is 0 Å². The van der Waals surface area contributed by atoms with E-state index in [-0.39, 0.29) is 5.41 Å². The first-order chi connectivity index (χ1) is 9.36. The summed E-state index contributed by atoms with van der Waals surface area (Å²) in [5.41, 5.74) is 1.21. The summed E-state index contributed by atoms with van der Waals surface area (Å²) < 4.78 is 27.9. The van der Waals surface area contributed by atoms with E-state index in [1.165, 1.54) is 17.8 Å². The summed E-state index contributed by atoms with van der Waals surface area (Å²) in [6.45, 7) is 8.33. The fourth-order valence-electron chi connectivity index (χ4n) is 2.33. The van der Waals surface area contributed by atoms with E-state index in [2.05, 4.69) is 17.0 Å². The zero-order chi connectivity index (χ0) is 14.8. The van der Waals surface area contributed by atoms with Crippen LogP contribution in [-0.2, 0) is 16.6 Å². The monoisotopic (exact) mass is 316 g/mol. The Morgan fingerprint density at radius 3 is 2.65 bits per heavy atom. The Kier molecular flexibility index (Phi) is 4.89. The first-order valence-electron chi connectivity index (χ1n) is 7.16. The lowest BCUT2D eigenvalue weighted by molar-refractivity contribution is 0.166. The quantitative estimate of drug-likeness (QED) is 0.813. The molecule has 1 aromatic rings. The number of rotatable bonds is 7. The van der Waals surface area contributed by atoms with Crippen molar-refractivity contribution in [2.75, 3.05) is 13.1 Å². The maximum absolute atomic E-state index is 12.3. The molecule has 0 atom stereocenters. The lowest BCUT2D eigenvalue weighted by atomic mass is 9.71. The summed E-state index contributed by atoms with van der Waals surface area (Å²) in [5, 5.41) is 3.24. The van der Waals surface area contributed by atoms with Crippen molar-refractivity contribution in [3.63, 3.8) is 0 Å². The molecule has 0 bridgehead atoms. The zero-order valence-electron chi connectivity index (χ0n) is 12.5. The third-order valence-electron chi connectivity index (χ3n) is 4.05. The summed E-state index contributed by atoms with van der Waals surface area (Å²) in [6, 6.07) is 1.78. The van der Waals surface area contributed by atoms with Gasteiger partial charge in [-0.2, -0.15) is 0 Å². The summed E-state index contributed by atoms with van der Waals surface area (Å²) in [4.78, 5) is 1.10. The number of sulfonamides is 1. The molecule has 1 heterocycles. The SMILES string of the molecule is CCNCc1sc(S(=O)(=O)NCC2(C)CCC2)cc1C. The summed E-state index contributed by atoms with van der Waals surface area (Å²) in [5.74, 6) is 0. The molecule has 1 aliphatic carbocycles. The molecule has 1 fully saturated rings. The predicted octanol–water partition coefficient (Wildman–Crippen LogP) is 2.63. The molecule has 1 saturated carbocycles. The van der Waals surface area contributed by atoms with Crippen molar-refractivity contribution in [2.45, 2.75) is 50.8 Å². The van der Waals surface area contributed by atoms with Crippen molar-refractivity contribution in [3.05, 3.63) is 16.5 Å². The molecule has 6 heteroatoms. The highest BCUT2D eigenvalue weighted by Gasteiger charge is 2.33.